The molecule has 0 bridgehead atoms. The Hall–Kier alpha value is -0.960. The second-order valence-electron chi connectivity index (χ2n) is 4.42. The number of anilines is 1. The Labute approximate surface area is 141 Å². The second kappa shape index (κ2) is 6.43. The monoisotopic (exact) mass is 404 g/mol. The maximum Gasteiger partial charge on any atom is 0.263 e. The molecule has 3 N–H and O–H groups in total. The first-order valence-electron chi connectivity index (χ1n) is 5.94. The van der Waals surface area contributed by atoms with Crippen molar-refractivity contribution < 1.29 is 8.42 Å². The van der Waals surface area contributed by atoms with Crippen LogP contribution in [0.2, 0.25) is 0 Å². The molecule has 0 unspecified atom stereocenters. The van der Waals surface area contributed by atoms with Gasteiger partial charge in [0.25, 0.3) is 10.0 Å². The van der Waals surface area contributed by atoms with E-state index in [1.807, 2.05) is 0 Å². The summed E-state index contributed by atoms with van der Waals surface area (Å²) >= 11 is 9.52. The van der Waals surface area contributed by atoms with Crippen molar-refractivity contribution in [1.29, 1.82) is 0 Å². The topological polar surface area (TPSA) is 72.2 Å². The molecular formula is C13H13BrN2O2S3. The first-order valence-corrected chi connectivity index (χ1v) is 9.44. The van der Waals surface area contributed by atoms with E-state index in [-0.39, 0.29) is 4.90 Å². The second-order valence-corrected chi connectivity index (χ2v) is 9.23. The number of nitrogens with two attached hydrogens (primary N) is 1. The van der Waals surface area contributed by atoms with E-state index in [1.165, 1.54) is 11.3 Å². The first kappa shape index (κ1) is 16.4. The van der Waals surface area contributed by atoms with Crippen LogP contribution in [0.25, 0.3) is 0 Å². The molecule has 0 aliphatic heterocycles. The standard InChI is InChI=1S/C13H13BrN2O2S3/c1-8-11(7-12(14)20-8)21(17,18)16-10-4-2-9(3-5-10)6-13(15)19/h2-5,7,16H,6H2,1H3,(H2,15,19). The molecule has 8 heteroatoms. The zero-order valence-electron chi connectivity index (χ0n) is 11.1. The minimum absolute atomic E-state index is 0.284. The van der Waals surface area contributed by atoms with Crippen LogP contribution in [0, 0.1) is 6.92 Å². The SMILES string of the molecule is Cc1sc(Br)cc1S(=O)(=O)Nc1ccc(CC(N)=S)cc1. The Morgan fingerprint density at radius 2 is 2.00 bits per heavy atom. The molecular weight excluding hydrogens is 392 g/mol. The van der Waals surface area contributed by atoms with Crippen LogP contribution in [0.15, 0.2) is 39.0 Å². The number of sulfonamides is 1. The lowest BCUT2D eigenvalue weighted by molar-refractivity contribution is 0.601. The lowest BCUT2D eigenvalue weighted by Gasteiger charge is -2.08. The van der Waals surface area contributed by atoms with E-state index in [0.29, 0.717) is 17.1 Å². The van der Waals surface area contributed by atoms with Crippen molar-refractivity contribution in [2.45, 2.75) is 18.2 Å². The van der Waals surface area contributed by atoms with Gasteiger partial charge < -0.3 is 5.73 Å². The van der Waals surface area contributed by atoms with E-state index in [2.05, 4.69) is 20.7 Å². The quantitative estimate of drug-likeness (QED) is 0.748. The number of rotatable bonds is 5. The Balaban J connectivity index is 2.21. The van der Waals surface area contributed by atoms with Gasteiger partial charge in [0.1, 0.15) is 4.90 Å². The first-order chi connectivity index (χ1) is 9.78. The summed E-state index contributed by atoms with van der Waals surface area (Å²) in [4.78, 5) is 1.42. The molecule has 112 valence electrons. The highest BCUT2D eigenvalue weighted by atomic mass is 79.9. The van der Waals surface area contributed by atoms with Crippen LogP contribution >= 0.6 is 39.5 Å². The summed E-state index contributed by atoms with van der Waals surface area (Å²) in [6.07, 6.45) is 0.499. The molecule has 1 aromatic carbocycles. The summed E-state index contributed by atoms with van der Waals surface area (Å²) < 4.78 is 28.0. The number of thiophene rings is 1. The highest BCUT2D eigenvalue weighted by Gasteiger charge is 2.19. The minimum Gasteiger partial charge on any atom is -0.393 e. The maximum atomic E-state index is 12.3. The van der Waals surface area contributed by atoms with E-state index in [0.717, 1.165) is 14.2 Å². The molecule has 1 heterocycles. The number of hydrogen-bond donors (Lipinski definition) is 2. The van der Waals surface area contributed by atoms with Gasteiger partial charge in [0.2, 0.25) is 0 Å². The van der Waals surface area contributed by atoms with Crippen LogP contribution in [0.1, 0.15) is 10.4 Å². The number of halogens is 1. The molecule has 0 radical (unpaired) electrons. The Kier molecular flexibility index (Phi) is 5.03. The fourth-order valence-electron chi connectivity index (χ4n) is 1.80. The molecule has 0 amide bonds. The predicted octanol–water partition coefficient (Wildman–Crippen LogP) is 3.45. The van der Waals surface area contributed by atoms with Gasteiger partial charge in [0, 0.05) is 17.0 Å². The zero-order valence-corrected chi connectivity index (χ0v) is 15.1. The third kappa shape index (κ3) is 4.26. The predicted molar refractivity (Wildman–Crippen MR) is 94.5 cm³/mol. The third-order valence-electron chi connectivity index (χ3n) is 2.72. The maximum absolute atomic E-state index is 12.3. The molecule has 4 nitrogen and oxygen atoms in total. The van der Waals surface area contributed by atoms with E-state index in [9.17, 15) is 8.42 Å². The van der Waals surface area contributed by atoms with Gasteiger partial charge in [-0.05, 0) is 46.6 Å². The smallest absolute Gasteiger partial charge is 0.263 e. The Morgan fingerprint density at radius 3 is 2.48 bits per heavy atom. The molecule has 0 atom stereocenters. The third-order valence-corrected chi connectivity index (χ3v) is 6.05. The van der Waals surface area contributed by atoms with Crippen molar-refractivity contribution >= 4 is 60.2 Å². The lowest BCUT2D eigenvalue weighted by atomic mass is 10.1. The number of benzene rings is 1. The van der Waals surface area contributed by atoms with Gasteiger partial charge in [-0.3, -0.25) is 4.72 Å². The van der Waals surface area contributed by atoms with Gasteiger partial charge in [-0.1, -0.05) is 24.4 Å². The van der Waals surface area contributed by atoms with Crippen LogP contribution in [0.4, 0.5) is 5.69 Å². The molecule has 0 saturated heterocycles. The molecule has 0 spiro atoms. The molecule has 0 fully saturated rings. The molecule has 21 heavy (non-hydrogen) atoms. The van der Waals surface area contributed by atoms with Crippen LogP contribution in [-0.4, -0.2) is 13.4 Å². The largest absolute Gasteiger partial charge is 0.393 e. The number of aryl methyl sites for hydroxylation is 1. The summed E-state index contributed by atoms with van der Waals surface area (Å²) in [5.74, 6) is 0. The van der Waals surface area contributed by atoms with Gasteiger partial charge in [-0.15, -0.1) is 11.3 Å². The summed E-state index contributed by atoms with van der Waals surface area (Å²) in [5.41, 5.74) is 6.92. The summed E-state index contributed by atoms with van der Waals surface area (Å²) in [5, 5.41) is 0. The van der Waals surface area contributed by atoms with Gasteiger partial charge in [0.15, 0.2) is 0 Å². The highest BCUT2D eigenvalue weighted by Crippen LogP contribution is 2.30. The number of nitrogens with one attached hydrogen (secondary N) is 1. The minimum atomic E-state index is -3.58. The summed E-state index contributed by atoms with van der Waals surface area (Å²) in [6, 6.07) is 8.59. The summed E-state index contributed by atoms with van der Waals surface area (Å²) in [6.45, 7) is 1.77. The van der Waals surface area contributed by atoms with Crippen LogP contribution in [0.5, 0.6) is 0 Å². The van der Waals surface area contributed by atoms with Crippen molar-refractivity contribution in [3.8, 4) is 0 Å². The van der Waals surface area contributed by atoms with Crippen molar-refractivity contribution in [3.63, 3.8) is 0 Å². The van der Waals surface area contributed by atoms with Gasteiger partial charge in [-0.25, -0.2) is 8.42 Å². The van der Waals surface area contributed by atoms with Crippen LogP contribution in [-0.2, 0) is 16.4 Å². The van der Waals surface area contributed by atoms with Crippen molar-refractivity contribution in [3.05, 3.63) is 44.6 Å². The Morgan fingerprint density at radius 1 is 1.38 bits per heavy atom. The number of hydrogen-bond acceptors (Lipinski definition) is 4. The average Bonchev–Trinajstić information content (AvgIpc) is 2.71. The molecule has 0 aliphatic carbocycles. The number of thiocarbonyl (C=S) groups is 1. The van der Waals surface area contributed by atoms with Crippen molar-refractivity contribution in [1.82, 2.24) is 0 Å². The molecule has 2 aromatic rings. The zero-order chi connectivity index (χ0) is 15.6. The Bertz CT molecular complexity index is 767. The van der Waals surface area contributed by atoms with Gasteiger partial charge in [-0.2, -0.15) is 0 Å². The highest BCUT2D eigenvalue weighted by molar-refractivity contribution is 9.11. The van der Waals surface area contributed by atoms with Crippen molar-refractivity contribution in [2.75, 3.05) is 4.72 Å². The van der Waals surface area contributed by atoms with E-state index in [1.54, 1.807) is 37.3 Å². The van der Waals surface area contributed by atoms with Crippen LogP contribution in [0.3, 0.4) is 0 Å². The van der Waals surface area contributed by atoms with E-state index < -0.39 is 10.0 Å². The fourth-order valence-corrected chi connectivity index (χ4v) is 5.44. The van der Waals surface area contributed by atoms with Gasteiger partial charge in [0.05, 0.1) is 8.77 Å². The van der Waals surface area contributed by atoms with Crippen LogP contribution < -0.4 is 10.5 Å². The van der Waals surface area contributed by atoms with E-state index >= 15 is 0 Å². The molecule has 1 aromatic heterocycles. The summed E-state index contributed by atoms with van der Waals surface area (Å²) in [7, 11) is -3.58. The van der Waals surface area contributed by atoms with E-state index in [4.69, 9.17) is 18.0 Å². The molecule has 2 rings (SSSR count). The lowest BCUT2D eigenvalue weighted by Crippen LogP contribution is -2.13. The van der Waals surface area contributed by atoms with Gasteiger partial charge >= 0.3 is 0 Å². The fraction of sp³-hybridized carbons (Fsp3) is 0.154. The van der Waals surface area contributed by atoms with Crippen molar-refractivity contribution in [2.24, 2.45) is 5.73 Å². The molecule has 0 aliphatic rings. The molecule has 0 saturated carbocycles. The average molecular weight is 405 g/mol. The normalized spacial score (nSPS) is 11.3.